The van der Waals surface area contributed by atoms with Gasteiger partial charge in [-0.15, -0.1) is 0 Å². The molecule has 0 aromatic heterocycles. The number of rotatable bonds is 7. The Bertz CT molecular complexity index is 396. The lowest BCUT2D eigenvalue weighted by atomic mass is 10.0. The highest BCUT2D eigenvalue weighted by Gasteiger charge is 2.55. The number of carboxylic acids is 2. The van der Waals surface area contributed by atoms with Gasteiger partial charge in [0.25, 0.3) is 0 Å². The van der Waals surface area contributed by atoms with Gasteiger partial charge in [0.05, 0.1) is 0 Å². The van der Waals surface area contributed by atoms with E-state index in [9.17, 15) is 14.4 Å². The number of hydrogen-bond acceptors (Lipinski definition) is 3. The van der Waals surface area contributed by atoms with Crippen molar-refractivity contribution in [3.05, 3.63) is 0 Å². The first kappa shape index (κ1) is 14.8. The van der Waals surface area contributed by atoms with Gasteiger partial charge in [0, 0.05) is 12.3 Å². The highest BCUT2D eigenvalue weighted by molar-refractivity contribution is 5.87. The molecule has 6 heteroatoms. The smallest absolute Gasteiger partial charge is 0.326 e. The second-order valence-corrected chi connectivity index (χ2v) is 5.82. The van der Waals surface area contributed by atoms with E-state index in [1.165, 1.54) is 0 Å². The van der Waals surface area contributed by atoms with E-state index >= 15 is 0 Å². The van der Waals surface area contributed by atoms with Crippen LogP contribution in [0, 0.1) is 17.8 Å². The molecule has 3 N–H and O–H groups in total. The maximum Gasteiger partial charge on any atom is 0.326 e. The van der Waals surface area contributed by atoms with Crippen molar-refractivity contribution in [1.29, 1.82) is 0 Å². The standard InChI is InChI=1S/C14H21NO5/c16-11(17)7-3-6-10(14(19)20)15-13(18)12-8-4-1-2-5-9(8)12/h8-10,12H,1-7H2,(H,15,18)(H,16,17)(H,19,20)/t8?,9?,10-,12?/m1/s1. The minimum Gasteiger partial charge on any atom is -0.481 e. The molecule has 2 unspecified atom stereocenters. The van der Waals surface area contributed by atoms with E-state index in [2.05, 4.69) is 5.32 Å². The highest BCUT2D eigenvalue weighted by atomic mass is 16.4. The molecule has 1 amide bonds. The number of carboxylic acid groups (broad SMARTS) is 2. The van der Waals surface area contributed by atoms with Crippen molar-refractivity contribution in [2.24, 2.45) is 17.8 Å². The summed E-state index contributed by atoms with van der Waals surface area (Å²) in [6.07, 6.45) is 4.80. The van der Waals surface area contributed by atoms with Crippen LogP contribution in [0.1, 0.15) is 44.9 Å². The Morgan fingerprint density at radius 3 is 2.20 bits per heavy atom. The molecule has 2 aliphatic rings. The van der Waals surface area contributed by atoms with E-state index in [1.807, 2.05) is 0 Å². The Morgan fingerprint density at radius 1 is 1.10 bits per heavy atom. The molecule has 0 heterocycles. The van der Waals surface area contributed by atoms with Gasteiger partial charge in [-0.1, -0.05) is 12.8 Å². The van der Waals surface area contributed by atoms with E-state index < -0.39 is 18.0 Å². The van der Waals surface area contributed by atoms with E-state index in [0.717, 1.165) is 25.7 Å². The van der Waals surface area contributed by atoms with Crippen LogP contribution >= 0.6 is 0 Å². The second-order valence-electron chi connectivity index (χ2n) is 5.82. The topological polar surface area (TPSA) is 104 Å². The zero-order valence-corrected chi connectivity index (χ0v) is 11.4. The molecule has 112 valence electrons. The predicted octanol–water partition coefficient (Wildman–Crippen LogP) is 1.25. The lowest BCUT2D eigenvalue weighted by Crippen LogP contribution is -2.42. The van der Waals surface area contributed by atoms with Crippen molar-refractivity contribution >= 4 is 17.8 Å². The van der Waals surface area contributed by atoms with Gasteiger partial charge in [0.2, 0.25) is 5.91 Å². The van der Waals surface area contributed by atoms with Crippen molar-refractivity contribution in [3.8, 4) is 0 Å². The van der Waals surface area contributed by atoms with E-state index in [1.54, 1.807) is 0 Å². The fourth-order valence-electron chi connectivity index (χ4n) is 3.36. The summed E-state index contributed by atoms with van der Waals surface area (Å²) < 4.78 is 0. The number of aliphatic carboxylic acids is 2. The van der Waals surface area contributed by atoms with Gasteiger partial charge in [-0.3, -0.25) is 9.59 Å². The van der Waals surface area contributed by atoms with E-state index in [0.29, 0.717) is 11.8 Å². The van der Waals surface area contributed by atoms with Gasteiger partial charge in [-0.25, -0.2) is 4.79 Å². The number of amides is 1. The average Bonchev–Trinajstić information content (AvgIpc) is 3.11. The first-order valence-corrected chi connectivity index (χ1v) is 7.25. The van der Waals surface area contributed by atoms with Crippen LogP contribution in [0.2, 0.25) is 0 Å². The molecule has 0 radical (unpaired) electrons. The first-order chi connectivity index (χ1) is 9.50. The Balaban J connectivity index is 1.80. The minimum absolute atomic E-state index is 0.0150. The molecular weight excluding hydrogens is 262 g/mol. The Hall–Kier alpha value is -1.59. The highest BCUT2D eigenvalue weighted by Crippen LogP contribution is 2.55. The van der Waals surface area contributed by atoms with Gasteiger partial charge in [0.15, 0.2) is 0 Å². The summed E-state index contributed by atoms with van der Waals surface area (Å²) in [6.45, 7) is 0. The van der Waals surface area contributed by atoms with Crippen LogP contribution in [0.4, 0.5) is 0 Å². The fourth-order valence-corrected chi connectivity index (χ4v) is 3.36. The molecule has 0 aliphatic heterocycles. The molecule has 2 rings (SSSR count). The fraction of sp³-hybridized carbons (Fsp3) is 0.786. The van der Waals surface area contributed by atoms with Gasteiger partial charge >= 0.3 is 11.9 Å². The Kier molecular flexibility index (Phi) is 4.62. The number of fused-ring (bicyclic) bond motifs is 1. The largest absolute Gasteiger partial charge is 0.481 e. The van der Waals surface area contributed by atoms with Crippen molar-refractivity contribution in [1.82, 2.24) is 5.32 Å². The molecule has 6 nitrogen and oxygen atoms in total. The molecule has 2 fully saturated rings. The summed E-state index contributed by atoms with van der Waals surface area (Å²) in [4.78, 5) is 33.6. The molecule has 0 spiro atoms. The monoisotopic (exact) mass is 283 g/mol. The summed E-state index contributed by atoms with van der Waals surface area (Å²) in [5.41, 5.74) is 0. The third kappa shape index (κ3) is 3.49. The lowest BCUT2D eigenvalue weighted by Gasteiger charge is -2.14. The first-order valence-electron chi connectivity index (χ1n) is 7.25. The number of nitrogens with one attached hydrogen (secondary N) is 1. The van der Waals surface area contributed by atoms with E-state index in [-0.39, 0.29) is 31.1 Å². The number of hydrogen-bond donors (Lipinski definition) is 3. The average molecular weight is 283 g/mol. The van der Waals surface area contributed by atoms with Crippen LogP contribution in [-0.2, 0) is 14.4 Å². The number of carbonyl (C=O) groups is 3. The van der Waals surface area contributed by atoms with Crippen LogP contribution in [0.15, 0.2) is 0 Å². The molecule has 3 atom stereocenters. The summed E-state index contributed by atoms with van der Waals surface area (Å²) >= 11 is 0. The SMILES string of the molecule is O=C(O)CCC[C@@H](NC(=O)C1C2CCCCC21)C(=O)O. The van der Waals surface area contributed by atoms with Crippen LogP contribution in [-0.4, -0.2) is 34.1 Å². The molecule has 0 saturated heterocycles. The quantitative estimate of drug-likeness (QED) is 0.652. The summed E-state index contributed by atoms with van der Waals surface area (Å²) in [7, 11) is 0. The van der Waals surface area contributed by atoms with Crippen molar-refractivity contribution in [2.45, 2.75) is 51.0 Å². The lowest BCUT2D eigenvalue weighted by molar-refractivity contribution is -0.143. The van der Waals surface area contributed by atoms with Gasteiger partial charge in [-0.2, -0.15) is 0 Å². The van der Waals surface area contributed by atoms with Crippen LogP contribution in [0.25, 0.3) is 0 Å². The maximum absolute atomic E-state index is 12.1. The minimum atomic E-state index is -1.09. The van der Waals surface area contributed by atoms with Crippen molar-refractivity contribution in [3.63, 3.8) is 0 Å². The second kappa shape index (κ2) is 6.24. The number of carbonyl (C=O) groups excluding carboxylic acids is 1. The maximum atomic E-state index is 12.1. The molecule has 0 bridgehead atoms. The molecular formula is C14H21NO5. The Labute approximate surface area is 117 Å². The van der Waals surface area contributed by atoms with Gasteiger partial charge in [0.1, 0.15) is 6.04 Å². The molecule has 20 heavy (non-hydrogen) atoms. The molecule has 0 aromatic carbocycles. The predicted molar refractivity (Wildman–Crippen MR) is 70.0 cm³/mol. The van der Waals surface area contributed by atoms with E-state index in [4.69, 9.17) is 10.2 Å². The van der Waals surface area contributed by atoms with Crippen LogP contribution in [0.3, 0.4) is 0 Å². The third-order valence-corrected chi connectivity index (χ3v) is 4.46. The normalized spacial score (nSPS) is 29.1. The zero-order chi connectivity index (χ0) is 14.7. The van der Waals surface area contributed by atoms with Crippen molar-refractivity contribution in [2.75, 3.05) is 0 Å². The van der Waals surface area contributed by atoms with Gasteiger partial charge < -0.3 is 15.5 Å². The summed E-state index contributed by atoms with van der Waals surface area (Å²) in [5, 5.41) is 20.2. The van der Waals surface area contributed by atoms with Gasteiger partial charge in [-0.05, 0) is 37.5 Å². The van der Waals surface area contributed by atoms with Crippen LogP contribution < -0.4 is 5.32 Å². The molecule has 2 aliphatic carbocycles. The summed E-state index contributed by atoms with van der Waals surface area (Å²) in [6, 6.07) is -0.968. The Morgan fingerprint density at radius 2 is 1.70 bits per heavy atom. The third-order valence-electron chi connectivity index (χ3n) is 4.46. The molecule has 0 aromatic rings. The van der Waals surface area contributed by atoms with Crippen LogP contribution in [0.5, 0.6) is 0 Å². The van der Waals surface area contributed by atoms with Crippen molar-refractivity contribution < 1.29 is 24.6 Å². The zero-order valence-electron chi connectivity index (χ0n) is 11.4. The molecule has 2 saturated carbocycles. The summed E-state index contributed by atoms with van der Waals surface area (Å²) in [5.74, 6) is -1.33.